The number of benzene rings is 1. The number of carbonyl (C=O) groups excluding carboxylic acids is 1. The van der Waals surface area contributed by atoms with Gasteiger partial charge >= 0.3 is 0 Å². The summed E-state index contributed by atoms with van der Waals surface area (Å²) in [6.45, 7) is 1.95. The Morgan fingerprint density at radius 2 is 1.93 bits per heavy atom. The Kier molecular flexibility index (Phi) is 2.33. The van der Waals surface area contributed by atoms with Gasteiger partial charge < -0.3 is 10.6 Å². The van der Waals surface area contributed by atoms with Crippen LogP contribution >= 0.6 is 15.9 Å². The molecule has 0 bridgehead atoms. The summed E-state index contributed by atoms with van der Waals surface area (Å²) in [5.41, 5.74) is 6.53. The second-order valence-electron chi connectivity index (χ2n) is 3.45. The zero-order valence-corrected chi connectivity index (χ0v) is 9.36. The molecule has 4 heteroatoms. The third-order valence-electron chi connectivity index (χ3n) is 2.55. The van der Waals surface area contributed by atoms with E-state index in [9.17, 15) is 4.79 Å². The number of amides is 1. The molecule has 0 radical (unpaired) electrons. The molecule has 1 aromatic carbocycles. The Morgan fingerprint density at radius 3 is 2.43 bits per heavy atom. The molecule has 1 saturated heterocycles. The Labute approximate surface area is 91.0 Å². The van der Waals surface area contributed by atoms with Crippen molar-refractivity contribution in [2.45, 2.75) is 19.0 Å². The number of nitrogens with zero attached hydrogens (tertiary/aromatic N) is 1. The summed E-state index contributed by atoms with van der Waals surface area (Å²) in [6, 6.07) is 7.41. The van der Waals surface area contributed by atoms with E-state index in [4.69, 9.17) is 5.73 Å². The summed E-state index contributed by atoms with van der Waals surface area (Å²) in [5.74, 6) is -0.000164. The summed E-state index contributed by atoms with van der Waals surface area (Å²) < 4.78 is 1.01. The minimum atomic E-state index is -0.335. The standard InChI is InChI=1S/C10H11BrN2O/c1-6-9(12)10(14)13(6)8-4-2-7(11)3-5-8/h2-6,9H,12H2,1H3. The molecule has 3 nitrogen and oxygen atoms in total. The van der Waals surface area contributed by atoms with Gasteiger partial charge in [0.2, 0.25) is 5.91 Å². The van der Waals surface area contributed by atoms with Crippen molar-refractivity contribution in [2.75, 3.05) is 4.90 Å². The molecule has 2 atom stereocenters. The minimum Gasteiger partial charge on any atom is -0.318 e. The fraction of sp³-hybridized carbons (Fsp3) is 0.300. The Balaban J connectivity index is 2.25. The van der Waals surface area contributed by atoms with Gasteiger partial charge in [0.25, 0.3) is 0 Å². The summed E-state index contributed by atoms with van der Waals surface area (Å²) in [6.07, 6.45) is 0. The van der Waals surface area contributed by atoms with Crippen molar-refractivity contribution in [3.8, 4) is 0 Å². The molecule has 1 amide bonds. The zero-order chi connectivity index (χ0) is 10.3. The molecule has 74 valence electrons. The zero-order valence-electron chi connectivity index (χ0n) is 7.77. The van der Waals surface area contributed by atoms with Crippen molar-refractivity contribution in [1.29, 1.82) is 0 Å². The van der Waals surface area contributed by atoms with Crippen LogP contribution in [-0.2, 0) is 4.79 Å². The van der Waals surface area contributed by atoms with Gasteiger partial charge in [-0.25, -0.2) is 0 Å². The van der Waals surface area contributed by atoms with Gasteiger partial charge in [-0.3, -0.25) is 4.79 Å². The summed E-state index contributed by atoms with van der Waals surface area (Å²) in [7, 11) is 0. The molecule has 0 saturated carbocycles. The van der Waals surface area contributed by atoms with Crippen LogP contribution in [0.2, 0.25) is 0 Å². The summed E-state index contributed by atoms with van der Waals surface area (Å²) >= 11 is 3.35. The van der Waals surface area contributed by atoms with E-state index < -0.39 is 0 Å². The molecule has 0 aliphatic carbocycles. The predicted octanol–water partition coefficient (Wildman–Crippen LogP) is 1.51. The lowest BCUT2D eigenvalue weighted by atomic mass is 9.97. The molecule has 0 spiro atoms. The van der Waals surface area contributed by atoms with Crippen LogP contribution in [0.15, 0.2) is 28.7 Å². The van der Waals surface area contributed by atoms with Gasteiger partial charge in [0.1, 0.15) is 6.04 Å². The normalized spacial score (nSPS) is 26.2. The molecule has 1 aromatic rings. The van der Waals surface area contributed by atoms with E-state index in [-0.39, 0.29) is 18.0 Å². The van der Waals surface area contributed by atoms with Crippen LogP contribution in [0.1, 0.15) is 6.92 Å². The molecule has 1 aliphatic heterocycles. The number of halogens is 1. The molecular weight excluding hydrogens is 244 g/mol. The smallest absolute Gasteiger partial charge is 0.246 e. The van der Waals surface area contributed by atoms with Crippen LogP contribution in [0.25, 0.3) is 0 Å². The van der Waals surface area contributed by atoms with Gasteiger partial charge in [0.15, 0.2) is 0 Å². The highest BCUT2D eigenvalue weighted by Gasteiger charge is 2.42. The van der Waals surface area contributed by atoms with E-state index in [1.54, 1.807) is 4.90 Å². The average molecular weight is 255 g/mol. The first-order valence-electron chi connectivity index (χ1n) is 4.45. The van der Waals surface area contributed by atoms with Gasteiger partial charge in [-0.15, -0.1) is 0 Å². The van der Waals surface area contributed by atoms with Gasteiger partial charge in [0.05, 0.1) is 6.04 Å². The van der Waals surface area contributed by atoms with Crippen molar-refractivity contribution in [3.63, 3.8) is 0 Å². The SMILES string of the molecule is CC1C(N)C(=O)N1c1ccc(Br)cc1. The van der Waals surface area contributed by atoms with Gasteiger partial charge in [-0.1, -0.05) is 15.9 Å². The summed E-state index contributed by atoms with van der Waals surface area (Å²) in [5, 5.41) is 0. The average Bonchev–Trinajstić information content (AvgIpc) is 2.21. The third-order valence-corrected chi connectivity index (χ3v) is 3.08. The highest BCUT2D eigenvalue weighted by atomic mass is 79.9. The van der Waals surface area contributed by atoms with E-state index in [0.717, 1.165) is 10.2 Å². The Bertz CT molecular complexity index is 363. The third kappa shape index (κ3) is 1.35. The number of β-lactam (4-membered cyclic amide) rings is 1. The maximum Gasteiger partial charge on any atom is 0.246 e. The number of rotatable bonds is 1. The quantitative estimate of drug-likeness (QED) is 0.773. The number of hydrogen-bond donors (Lipinski definition) is 1. The number of hydrogen-bond acceptors (Lipinski definition) is 2. The maximum atomic E-state index is 11.4. The fourth-order valence-corrected chi connectivity index (χ4v) is 1.87. The largest absolute Gasteiger partial charge is 0.318 e. The van der Waals surface area contributed by atoms with Crippen LogP contribution in [0.3, 0.4) is 0 Å². The first-order chi connectivity index (χ1) is 6.61. The van der Waals surface area contributed by atoms with Crippen LogP contribution in [-0.4, -0.2) is 18.0 Å². The Morgan fingerprint density at radius 1 is 1.36 bits per heavy atom. The maximum absolute atomic E-state index is 11.4. The lowest BCUT2D eigenvalue weighted by Crippen LogP contribution is -2.67. The molecule has 0 aromatic heterocycles. The van der Waals surface area contributed by atoms with Crippen LogP contribution in [0.4, 0.5) is 5.69 Å². The number of carbonyl (C=O) groups is 1. The summed E-state index contributed by atoms with van der Waals surface area (Å²) in [4.78, 5) is 13.2. The second-order valence-corrected chi connectivity index (χ2v) is 4.37. The van der Waals surface area contributed by atoms with E-state index in [1.165, 1.54) is 0 Å². The molecule has 1 aliphatic rings. The van der Waals surface area contributed by atoms with Crippen LogP contribution in [0, 0.1) is 0 Å². The second kappa shape index (κ2) is 3.37. The van der Waals surface area contributed by atoms with E-state index >= 15 is 0 Å². The number of anilines is 1. The molecule has 14 heavy (non-hydrogen) atoms. The van der Waals surface area contributed by atoms with Gasteiger partial charge in [-0.05, 0) is 31.2 Å². The minimum absolute atomic E-state index is 0.000164. The van der Waals surface area contributed by atoms with Crippen molar-refractivity contribution in [1.82, 2.24) is 0 Å². The predicted molar refractivity (Wildman–Crippen MR) is 59.1 cm³/mol. The molecule has 2 N–H and O–H groups in total. The highest BCUT2D eigenvalue weighted by Crippen LogP contribution is 2.27. The van der Waals surface area contributed by atoms with Gasteiger partial charge in [-0.2, -0.15) is 0 Å². The van der Waals surface area contributed by atoms with E-state index in [1.807, 2.05) is 31.2 Å². The lowest BCUT2D eigenvalue weighted by molar-refractivity contribution is -0.125. The van der Waals surface area contributed by atoms with Gasteiger partial charge in [0, 0.05) is 10.2 Å². The first kappa shape index (κ1) is 9.68. The lowest BCUT2D eigenvalue weighted by Gasteiger charge is -2.43. The molecular formula is C10H11BrN2O. The van der Waals surface area contributed by atoms with Crippen molar-refractivity contribution in [2.24, 2.45) is 5.73 Å². The van der Waals surface area contributed by atoms with Crippen molar-refractivity contribution in [3.05, 3.63) is 28.7 Å². The van der Waals surface area contributed by atoms with Crippen molar-refractivity contribution < 1.29 is 4.79 Å². The van der Waals surface area contributed by atoms with Crippen LogP contribution < -0.4 is 10.6 Å². The topological polar surface area (TPSA) is 46.3 Å². The fourth-order valence-electron chi connectivity index (χ4n) is 1.61. The molecule has 2 unspecified atom stereocenters. The van der Waals surface area contributed by atoms with Crippen LogP contribution in [0.5, 0.6) is 0 Å². The van der Waals surface area contributed by atoms with Crippen molar-refractivity contribution >= 4 is 27.5 Å². The molecule has 2 rings (SSSR count). The number of nitrogens with two attached hydrogens (primary N) is 1. The molecule has 1 heterocycles. The Hall–Kier alpha value is -0.870. The van der Waals surface area contributed by atoms with E-state index in [0.29, 0.717) is 0 Å². The molecule has 1 fully saturated rings. The van der Waals surface area contributed by atoms with E-state index in [2.05, 4.69) is 15.9 Å². The monoisotopic (exact) mass is 254 g/mol. The highest BCUT2D eigenvalue weighted by molar-refractivity contribution is 9.10. The first-order valence-corrected chi connectivity index (χ1v) is 5.25.